The van der Waals surface area contributed by atoms with Crippen molar-refractivity contribution >= 4 is 34.0 Å². The molecule has 0 saturated carbocycles. The average molecular weight is 454 g/mol. The van der Waals surface area contributed by atoms with Crippen molar-refractivity contribution in [2.45, 2.75) is 56.0 Å². The maximum atomic E-state index is 12.9. The Balaban J connectivity index is 1.48. The third-order valence-electron chi connectivity index (χ3n) is 5.33. The number of anilines is 1. The molecular formula is C22H23N5O2S2. The van der Waals surface area contributed by atoms with Gasteiger partial charge in [0.05, 0.1) is 17.4 Å². The second-order valence-corrected chi connectivity index (χ2v) is 9.93. The molecule has 9 heteroatoms. The summed E-state index contributed by atoms with van der Waals surface area (Å²) in [6, 6.07) is 11.9. The number of amides is 1. The third-order valence-corrected chi connectivity index (χ3v) is 7.63. The van der Waals surface area contributed by atoms with Gasteiger partial charge in [0.2, 0.25) is 5.91 Å². The second kappa shape index (κ2) is 9.54. The number of thioether (sulfide) groups is 1. The number of aromatic nitrogens is 3. The van der Waals surface area contributed by atoms with Gasteiger partial charge in [-0.1, -0.05) is 48.5 Å². The Kier molecular flexibility index (Phi) is 6.59. The number of fused-ring (bicyclic) bond motifs is 1. The maximum absolute atomic E-state index is 12.9. The van der Waals surface area contributed by atoms with Gasteiger partial charge in [-0.15, -0.1) is 16.4 Å². The monoisotopic (exact) mass is 453 g/mol. The number of aromatic amines is 1. The number of thiophene rings is 1. The van der Waals surface area contributed by atoms with E-state index in [1.807, 2.05) is 30.3 Å². The number of nitrogens with zero attached hydrogens (tertiary/aromatic N) is 3. The lowest BCUT2D eigenvalue weighted by Crippen LogP contribution is -2.24. The van der Waals surface area contributed by atoms with Crippen LogP contribution in [0.25, 0.3) is 0 Å². The van der Waals surface area contributed by atoms with Crippen LogP contribution in [0.2, 0.25) is 0 Å². The first-order valence-corrected chi connectivity index (χ1v) is 12.0. The second-order valence-electron chi connectivity index (χ2n) is 7.51. The molecule has 3 aromatic rings. The molecule has 0 spiro atoms. The number of hydrogen-bond donors (Lipinski definition) is 2. The van der Waals surface area contributed by atoms with Crippen molar-refractivity contribution in [2.75, 3.05) is 5.32 Å². The van der Waals surface area contributed by atoms with E-state index in [0.717, 1.165) is 36.8 Å². The number of rotatable bonds is 6. The number of aryl methyl sites for hydroxylation is 1. The van der Waals surface area contributed by atoms with Crippen LogP contribution < -0.4 is 11.0 Å². The molecule has 1 atom stereocenters. The fourth-order valence-electron chi connectivity index (χ4n) is 3.67. The van der Waals surface area contributed by atoms with Crippen molar-refractivity contribution in [1.29, 1.82) is 5.26 Å². The van der Waals surface area contributed by atoms with Gasteiger partial charge in [-0.25, -0.2) is 9.89 Å². The summed E-state index contributed by atoms with van der Waals surface area (Å²) in [4.78, 5) is 26.3. The van der Waals surface area contributed by atoms with Crippen molar-refractivity contribution in [3.05, 3.63) is 62.4 Å². The zero-order valence-electron chi connectivity index (χ0n) is 17.2. The van der Waals surface area contributed by atoms with Crippen LogP contribution in [0.3, 0.4) is 0 Å². The van der Waals surface area contributed by atoms with Gasteiger partial charge >= 0.3 is 5.69 Å². The first-order valence-electron chi connectivity index (χ1n) is 10.3. The summed E-state index contributed by atoms with van der Waals surface area (Å²) in [5.41, 5.74) is 2.37. The van der Waals surface area contributed by atoms with Crippen molar-refractivity contribution in [3.63, 3.8) is 0 Å². The molecule has 0 radical (unpaired) electrons. The molecule has 31 heavy (non-hydrogen) atoms. The Morgan fingerprint density at radius 1 is 1.32 bits per heavy atom. The lowest BCUT2D eigenvalue weighted by Gasteiger charge is -2.12. The summed E-state index contributed by atoms with van der Waals surface area (Å²) in [5.74, 6) is -0.209. The molecule has 4 rings (SSSR count). The number of H-pyrrole nitrogens is 1. The van der Waals surface area contributed by atoms with Crippen molar-refractivity contribution in [1.82, 2.24) is 14.8 Å². The van der Waals surface area contributed by atoms with Crippen LogP contribution in [-0.4, -0.2) is 25.9 Å². The van der Waals surface area contributed by atoms with Gasteiger partial charge in [0.25, 0.3) is 0 Å². The fourth-order valence-corrected chi connectivity index (χ4v) is 5.77. The quantitative estimate of drug-likeness (QED) is 0.435. The number of nitrogens with one attached hydrogen (secondary N) is 2. The number of carbonyl (C=O) groups is 1. The van der Waals surface area contributed by atoms with Crippen LogP contribution in [0.4, 0.5) is 5.00 Å². The van der Waals surface area contributed by atoms with Crippen molar-refractivity contribution in [2.24, 2.45) is 0 Å². The summed E-state index contributed by atoms with van der Waals surface area (Å²) >= 11 is 2.74. The smallest absolute Gasteiger partial charge is 0.316 e. The molecule has 2 aromatic heterocycles. The highest BCUT2D eigenvalue weighted by Crippen LogP contribution is 2.37. The molecule has 2 N–H and O–H groups in total. The number of benzene rings is 1. The van der Waals surface area contributed by atoms with Gasteiger partial charge in [0.1, 0.15) is 11.1 Å². The molecule has 160 valence electrons. The van der Waals surface area contributed by atoms with Crippen LogP contribution in [0.1, 0.15) is 47.8 Å². The summed E-state index contributed by atoms with van der Waals surface area (Å²) < 4.78 is 1.53. The average Bonchev–Trinajstić information content (AvgIpc) is 3.17. The SMILES string of the molecule is CC(Sc1n[nH]c(=O)n1Cc1ccccc1)C(=O)Nc1sc2c(c1C#N)CCCCC2. The van der Waals surface area contributed by atoms with Gasteiger partial charge in [0, 0.05) is 4.88 Å². The highest BCUT2D eigenvalue weighted by atomic mass is 32.2. The minimum Gasteiger partial charge on any atom is -0.316 e. The molecule has 2 heterocycles. The number of hydrogen-bond acceptors (Lipinski definition) is 6. The van der Waals surface area contributed by atoms with Crippen LogP contribution in [0.5, 0.6) is 0 Å². The molecule has 1 aliphatic carbocycles. The van der Waals surface area contributed by atoms with E-state index in [2.05, 4.69) is 21.6 Å². The highest BCUT2D eigenvalue weighted by Gasteiger charge is 2.24. The van der Waals surface area contributed by atoms with Crippen molar-refractivity contribution in [3.8, 4) is 6.07 Å². The lowest BCUT2D eigenvalue weighted by molar-refractivity contribution is -0.115. The Morgan fingerprint density at radius 3 is 2.87 bits per heavy atom. The molecule has 0 saturated heterocycles. The van der Waals surface area contributed by atoms with Gasteiger partial charge in [-0.2, -0.15) is 5.26 Å². The molecule has 1 aromatic carbocycles. The van der Waals surface area contributed by atoms with E-state index in [1.165, 1.54) is 39.0 Å². The zero-order chi connectivity index (χ0) is 21.8. The van der Waals surface area contributed by atoms with E-state index >= 15 is 0 Å². The topological polar surface area (TPSA) is 104 Å². The van der Waals surface area contributed by atoms with Gasteiger partial charge < -0.3 is 5.32 Å². The van der Waals surface area contributed by atoms with E-state index < -0.39 is 5.25 Å². The van der Waals surface area contributed by atoms with Gasteiger partial charge in [0.15, 0.2) is 5.16 Å². The fraction of sp³-hybridized carbons (Fsp3) is 0.364. The molecule has 1 aliphatic rings. The van der Waals surface area contributed by atoms with E-state index in [-0.39, 0.29) is 11.6 Å². The van der Waals surface area contributed by atoms with E-state index in [4.69, 9.17) is 0 Å². The summed E-state index contributed by atoms with van der Waals surface area (Å²) in [5, 5.41) is 19.8. The number of carbonyl (C=O) groups excluding carboxylic acids is 1. The minimum atomic E-state index is -0.488. The molecule has 0 fully saturated rings. The predicted octanol–water partition coefficient (Wildman–Crippen LogP) is 3.94. The molecular weight excluding hydrogens is 430 g/mol. The van der Waals surface area contributed by atoms with Crippen molar-refractivity contribution < 1.29 is 4.79 Å². The number of nitriles is 1. The summed E-state index contributed by atoms with van der Waals surface area (Å²) in [7, 11) is 0. The Morgan fingerprint density at radius 2 is 2.10 bits per heavy atom. The Labute approximate surface area is 188 Å². The van der Waals surface area contributed by atoms with Crippen LogP contribution in [0.15, 0.2) is 40.3 Å². The Hall–Kier alpha value is -2.83. The Bertz CT molecular complexity index is 1170. The van der Waals surface area contributed by atoms with E-state index in [0.29, 0.717) is 22.3 Å². The van der Waals surface area contributed by atoms with E-state index in [9.17, 15) is 14.9 Å². The first kappa shape index (κ1) is 21.4. The van der Waals surface area contributed by atoms with Gasteiger partial charge in [-0.3, -0.25) is 9.36 Å². The van der Waals surface area contributed by atoms with Gasteiger partial charge in [-0.05, 0) is 43.7 Å². The molecule has 7 nitrogen and oxygen atoms in total. The first-order chi connectivity index (χ1) is 15.1. The zero-order valence-corrected chi connectivity index (χ0v) is 18.8. The third kappa shape index (κ3) is 4.75. The van der Waals surface area contributed by atoms with Crippen LogP contribution >= 0.6 is 23.1 Å². The highest BCUT2D eigenvalue weighted by molar-refractivity contribution is 8.00. The largest absolute Gasteiger partial charge is 0.344 e. The molecule has 1 amide bonds. The maximum Gasteiger partial charge on any atom is 0.344 e. The minimum absolute atomic E-state index is 0.209. The standard InChI is InChI=1S/C22H23N5O2S2/c1-14(30-22-26-25-21(29)27(22)13-15-8-4-2-5-9-15)19(28)24-20-17(12-23)16-10-6-3-7-11-18(16)31-20/h2,4-5,8-9,14H,3,6-7,10-11,13H2,1H3,(H,24,28)(H,25,29). The van der Waals surface area contributed by atoms with E-state index in [1.54, 1.807) is 6.92 Å². The predicted molar refractivity (Wildman–Crippen MR) is 123 cm³/mol. The normalized spacial score (nSPS) is 14.3. The van der Waals surface area contributed by atoms with Crippen LogP contribution in [0, 0.1) is 11.3 Å². The molecule has 0 bridgehead atoms. The molecule has 1 unspecified atom stereocenters. The summed E-state index contributed by atoms with van der Waals surface area (Å²) in [6.45, 7) is 2.15. The summed E-state index contributed by atoms with van der Waals surface area (Å²) in [6.07, 6.45) is 5.24. The molecule has 0 aliphatic heterocycles. The lowest BCUT2D eigenvalue weighted by atomic mass is 10.1. The van der Waals surface area contributed by atoms with Crippen LogP contribution in [-0.2, 0) is 24.2 Å².